The molecule has 1 amide bonds. The van der Waals surface area contributed by atoms with E-state index in [9.17, 15) is 10.1 Å². The third-order valence-corrected chi connectivity index (χ3v) is 4.05. The predicted molar refractivity (Wildman–Crippen MR) is 84.2 cm³/mol. The number of benzene rings is 1. The monoisotopic (exact) mass is 301 g/mol. The highest BCUT2D eigenvalue weighted by molar-refractivity contribution is 5.79. The quantitative estimate of drug-likeness (QED) is 0.836. The lowest BCUT2D eigenvalue weighted by Gasteiger charge is -2.25. The summed E-state index contributed by atoms with van der Waals surface area (Å²) in [4.78, 5) is 14.1. The van der Waals surface area contributed by atoms with Crippen molar-refractivity contribution in [3.63, 3.8) is 0 Å². The molecule has 1 aromatic rings. The zero-order valence-corrected chi connectivity index (χ0v) is 13.4. The molecule has 22 heavy (non-hydrogen) atoms. The summed E-state index contributed by atoms with van der Waals surface area (Å²) < 4.78 is 5.13. The standard InChI is InChI=1S/C17H23N3O2/c1-17(12-18,14-6-7-14)19-16(21)11-20(2)10-13-4-8-15(22-3)9-5-13/h4-5,8-9,14H,6-7,10-11H2,1-3H3,(H,19,21)/t17-/m0/s1. The first-order valence-corrected chi connectivity index (χ1v) is 7.50. The van der Waals surface area contributed by atoms with E-state index in [0.717, 1.165) is 24.2 Å². The van der Waals surface area contributed by atoms with Gasteiger partial charge in [0.05, 0.1) is 19.7 Å². The number of hydrogen-bond acceptors (Lipinski definition) is 4. The maximum absolute atomic E-state index is 12.1. The minimum absolute atomic E-state index is 0.105. The molecule has 0 heterocycles. The average molecular weight is 301 g/mol. The van der Waals surface area contributed by atoms with Crippen LogP contribution in [-0.4, -0.2) is 37.0 Å². The van der Waals surface area contributed by atoms with Gasteiger partial charge >= 0.3 is 0 Å². The predicted octanol–water partition coefficient (Wildman–Crippen LogP) is 1.94. The molecule has 118 valence electrons. The summed E-state index contributed by atoms with van der Waals surface area (Å²) in [5, 5.41) is 12.2. The molecule has 1 atom stereocenters. The molecule has 0 bridgehead atoms. The van der Waals surface area contributed by atoms with Gasteiger partial charge in [-0.05, 0) is 50.4 Å². The first kappa shape index (κ1) is 16.3. The first-order valence-electron chi connectivity index (χ1n) is 7.50. The number of methoxy groups -OCH3 is 1. The molecule has 0 radical (unpaired) electrons. The van der Waals surface area contributed by atoms with Crippen LogP contribution in [0, 0.1) is 17.2 Å². The van der Waals surface area contributed by atoms with E-state index in [0.29, 0.717) is 12.5 Å². The SMILES string of the molecule is COc1ccc(CN(C)CC(=O)N[C@@](C)(C#N)C2CC2)cc1. The number of nitriles is 1. The summed E-state index contributed by atoms with van der Waals surface area (Å²) in [6, 6.07) is 10.0. The fourth-order valence-electron chi connectivity index (χ4n) is 2.55. The summed E-state index contributed by atoms with van der Waals surface area (Å²) in [6.45, 7) is 2.76. The van der Waals surface area contributed by atoms with Crippen molar-refractivity contribution >= 4 is 5.91 Å². The fraction of sp³-hybridized carbons (Fsp3) is 0.529. The number of amides is 1. The lowest BCUT2D eigenvalue weighted by molar-refractivity contribution is -0.123. The second-order valence-corrected chi connectivity index (χ2v) is 6.16. The van der Waals surface area contributed by atoms with Gasteiger partial charge in [-0.2, -0.15) is 5.26 Å². The first-order chi connectivity index (χ1) is 10.5. The topological polar surface area (TPSA) is 65.4 Å². The zero-order valence-electron chi connectivity index (χ0n) is 13.4. The van der Waals surface area contributed by atoms with Crippen LogP contribution in [0.3, 0.4) is 0 Å². The van der Waals surface area contributed by atoms with Crippen LogP contribution in [0.1, 0.15) is 25.3 Å². The van der Waals surface area contributed by atoms with Crippen molar-refractivity contribution in [2.24, 2.45) is 5.92 Å². The highest BCUT2D eigenvalue weighted by atomic mass is 16.5. The Bertz CT molecular complexity index is 560. The van der Waals surface area contributed by atoms with Gasteiger partial charge < -0.3 is 10.1 Å². The van der Waals surface area contributed by atoms with Crippen LogP contribution in [-0.2, 0) is 11.3 Å². The molecule has 0 aliphatic heterocycles. The van der Waals surface area contributed by atoms with Gasteiger partial charge in [0.25, 0.3) is 0 Å². The van der Waals surface area contributed by atoms with Crippen LogP contribution < -0.4 is 10.1 Å². The van der Waals surface area contributed by atoms with Crippen molar-refractivity contribution < 1.29 is 9.53 Å². The summed E-state index contributed by atoms with van der Waals surface area (Å²) in [5.41, 5.74) is 0.388. The van der Waals surface area contributed by atoms with Crippen LogP contribution in [0.15, 0.2) is 24.3 Å². The third kappa shape index (κ3) is 4.22. The van der Waals surface area contributed by atoms with Gasteiger partial charge in [-0.1, -0.05) is 12.1 Å². The lowest BCUT2D eigenvalue weighted by atomic mass is 9.98. The highest BCUT2D eigenvalue weighted by Crippen LogP contribution is 2.39. The van der Waals surface area contributed by atoms with E-state index in [1.807, 2.05) is 43.1 Å². The Labute approximate surface area is 131 Å². The van der Waals surface area contributed by atoms with Gasteiger partial charge in [0.1, 0.15) is 11.3 Å². The van der Waals surface area contributed by atoms with Gasteiger partial charge in [-0.3, -0.25) is 9.69 Å². The van der Waals surface area contributed by atoms with E-state index in [-0.39, 0.29) is 12.5 Å². The maximum Gasteiger partial charge on any atom is 0.235 e. The van der Waals surface area contributed by atoms with Gasteiger partial charge in [0.15, 0.2) is 0 Å². The molecule has 0 saturated heterocycles. The Morgan fingerprint density at radius 3 is 2.59 bits per heavy atom. The maximum atomic E-state index is 12.1. The van der Waals surface area contributed by atoms with Crippen molar-refractivity contribution in [3.8, 4) is 11.8 Å². The van der Waals surface area contributed by atoms with Crippen LogP contribution in [0.5, 0.6) is 5.75 Å². The lowest BCUT2D eigenvalue weighted by Crippen LogP contribution is -2.49. The Kier molecular flexibility index (Phi) is 5.04. The molecule has 0 unspecified atom stereocenters. The van der Waals surface area contributed by atoms with Crippen LogP contribution in [0.4, 0.5) is 0 Å². The highest BCUT2D eigenvalue weighted by Gasteiger charge is 2.42. The van der Waals surface area contributed by atoms with Crippen LogP contribution in [0.25, 0.3) is 0 Å². The number of carbonyl (C=O) groups is 1. The molecule has 1 aliphatic rings. The van der Waals surface area contributed by atoms with Crippen molar-refractivity contribution in [3.05, 3.63) is 29.8 Å². The molecular formula is C17H23N3O2. The van der Waals surface area contributed by atoms with E-state index < -0.39 is 5.54 Å². The number of likely N-dealkylation sites (N-methyl/N-ethyl adjacent to an activating group) is 1. The second-order valence-electron chi connectivity index (χ2n) is 6.16. The van der Waals surface area contributed by atoms with E-state index in [1.54, 1.807) is 7.11 Å². The number of rotatable bonds is 7. The number of carbonyl (C=O) groups excluding carboxylic acids is 1. The third-order valence-electron chi connectivity index (χ3n) is 4.05. The molecule has 0 spiro atoms. The van der Waals surface area contributed by atoms with Crippen molar-refractivity contribution in [1.82, 2.24) is 10.2 Å². The molecule has 1 N–H and O–H groups in total. The van der Waals surface area contributed by atoms with E-state index in [1.165, 1.54) is 0 Å². The summed E-state index contributed by atoms with van der Waals surface area (Å²) in [7, 11) is 3.53. The molecule has 5 heteroatoms. The smallest absolute Gasteiger partial charge is 0.235 e. The number of nitrogens with zero attached hydrogens (tertiary/aromatic N) is 2. The molecular weight excluding hydrogens is 278 g/mol. The minimum atomic E-state index is -0.724. The molecule has 1 aromatic carbocycles. The van der Waals surface area contributed by atoms with Crippen LogP contribution >= 0.6 is 0 Å². The van der Waals surface area contributed by atoms with E-state index in [4.69, 9.17) is 4.74 Å². The Hall–Kier alpha value is -2.06. The minimum Gasteiger partial charge on any atom is -0.497 e. The molecule has 1 saturated carbocycles. The van der Waals surface area contributed by atoms with Gasteiger partial charge in [-0.15, -0.1) is 0 Å². The van der Waals surface area contributed by atoms with Gasteiger partial charge in [0.2, 0.25) is 5.91 Å². The van der Waals surface area contributed by atoms with Crippen molar-refractivity contribution in [1.29, 1.82) is 5.26 Å². The molecule has 1 fully saturated rings. The average Bonchev–Trinajstić information content (AvgIpc) is 3.32. The fourth-order valence-corrected chi connectivity index (χ4v) is 2.55. The van der Waals surface area contributed by atoms with Gasteiger partial charge in [0, 0.05) is 6.54 Å². The molecule has 5 nitrogen and oxygen atoms in total. The summed E-state index contributed by atoms with van der Waals surface area (Å²) in [5.74, 6) is 1.01. The number of nitrogens with one attached hydrogen (secondary N) is 1. The van der Waals surface area contributed by atoms with E-state index >= 15 is 0 Å². The Balaban J connectivity index is 1.84. The van der Waals surface area contributed by atoms with Crippen molar-refractivity contribution in [2.75, 3.05) is 20.7 Å². The number of hydrogen-bond donors (Lipinski definition) is 1. The van der Waals surface area contributed by atoms with Crippen molar-refractivity contribution in [2.45, 2.75) is 31.8 Å². The molecule has 1 aliphatic carbocycles. The van der Waals surface area contributed by atoms with Gasteiger partial charge in [-0.25, -0.2) is 0 Å². The summed E-state index contributed by atoms with van der Waals surface area (Å²) >= 11 is 0. The zero-order chi connectivity index (χ0) is 16.2. The molecule has 0 aromatic heterocycles. The largest absolute Gasteiger partial charge is 0.497 e. The Morgan fingerprint density at radius 1 is 1.45 bits per heavy atom. The molecule has 2 rings (SSSR count). The van der Waals surface area contributed by atoms with Crippen LogP contribution in [0.2, 0.25) is 0 Å². The normalized spacial score (nSPS) is 16.7. The second kappa shape index (κ2) is 6.80. The number of ether oxygens (including phenoxy) is 1. The summed E-state index contributed by atoms with van der Waals surface area (Å²) in [6.07, 6.45) is 2.04. The Morgan fingerprint density at radius 2 is 2.09 bits per heavy atom. The van der Waals surface area contributed by atoms with E-state index in [2.05, 4.69) is 11.4 Å².